The van der Waals surface area contributed by atoms with Crippen LogP contribution in [0.1, 0.15) is 16.7 Å². The molecule has 0 radical (unpaired) electrons. The number of ether oxygens (including phenoxy) is 2. The average molecular weight is 394 g/mol. The van der Waals surface area contributed by atoms with Gasteiger partial charge >= 0.3 is 0 Å². The fraction of sp³-hybridized carbons (Fsp3) is 0.333. The summed E-state index contributed by atoms with van der Waals surface area (Å²) in [6, 6.07) is 7.58. The summed E-state index contributed by atoms with van der Waals surface area (Å²) in [4.78, 5) is 10.4. The summed E-state index contributed by atoms with van der Waals surface area (Å²) in [5, 5.41) is 11.1. The summed E-state index contributed by atoms with van der Waals surface area (Å²) in [6.07, 6.45) is 0. The smallest absolute Gasteiger partial charge is 0.271 e. The molecule has 8 nitrogen and oxygen atoms in total. The number of methoxy groups -OCH3 is 2. The summed E-state index contributed by atoms with van der Waals surface area (Å²) in [5.74, 6) is 1.03. The molecule has 9 heteroatoms. The predicted molar refractivity (Wildman–Crippen MR) is 101 cm³/mol. The Morgan fingerprint density at radius 2 is 1.70 bits per heavy atom. The van der Waals surface area contributed by atoms with Crippen LogP contribution in [-0.2, 0) is 16.6 Å². The molecule has 0 saturated carbocycles. The highest BCUT2D eigenvalue weighted by molar-refractivity contribution is 7.89. The number of hydrogen-bond acceptors (Lipinski definition) is 6. The second-order valence-electron chi connectivity index (χ2n) is 6.09. The number of rotatable bonds is 7. The van der Waals surface area contributed by atoms with Crippen molar-refractivity contribution < 1.29 is 22.8 Å². The van der Waals surface area contributed by atoms with Crippen LogP contribution in [0, 0.1) is 24.0 Å². The summed E-state index contributed by atoms with van der Waals surface area (Å²) in [5.41, 5.74) is 1.47. The van der Waals surface area contributed by atoms with E-state index in [1.807, 2.05) is 0 Å². The van der Waals surface area contributed by atoms with Crippen LogP contribution in [0.3, 0.4) is 0 Å². The maximum absolute atomic E-state index is 13.0. The van der Waals surface area contributed by atoms with Crippen molar-refractivity contribution in [2.75, 3.05) is 21.3 Å². The molecule has 0 atom stereocenters. The van der Waals surface area contributed by atoms with E-state index in [4.69, 9.17) is 9.47 Å². The molecule has 0 bridgehead atoms. The quantitative estimate of drug-likeness (QED) is 0.529. The molecule has 2 rings (SSSR count). The average Bonchev–Trinajstić information content (AvgIpc) is 2.63. The van der Waals surface area contributed by atoms with E-state index in [-0.39, 0.29) is 17.1 Å². The summed E-state index contributed by atoms with van der Waals surface area (Å²) < 4.78 is 37.6. The van der Waals surface area contributed by atoms with E-state index in [2.05, 4.69) is 0 Å². The molecule has 0 aliphatic heterocycles. The monoisotopic (exact) mass is 394 g/mol. The molecule has 0 fully saturated rings. The number of benzene rings is 2. The van der Waals surface area contributed by atoms with Gasteiger partial charge in [-0.05, 0) is 42.7 Å². The first-order chi connectivity index (χ1) is 12.6. The van der Waals surface area contributed by atoms with Gasteiger partial charge in [0.15, 0.2) is 11.5 Å². The maximum atomic E-state index is 13.0. The SMILES string of the molecule is COc1ccc(CN(C)S(=O)(=O)c2cc([N+](=O)[O-])cc(C)c2C)cc1OC. The van der Waals surface area contributed by atoms with Crippen LogP contribution in [0.4, 0.5) is 5.69 Å². The van der Waals surface area contributed by atoms with E-state index < -0.39 is 14.9 Å². The Morgan fingerprint density at radius 3 is 2.26 bits per heavy atom. The van der Waals surface area contributed by atoms with Gasteiger partial charge in [0.2, 0.25) is 10.0 Å². The molecular weight excluding hydrogens is 372 g/mol. The number of non-ortho nitro benzene ring substituents is 1. The largest absolute Gasteiger partial charge is 0.493 e. The number of nitrogens with zero attached hydrogens (tertiary/aromatic N) is 2. The Bertz CT molecular complexity index is 972. The third kappa shape index (κ3) is 4.20. The number of aryl methyl sites for hydroxylation is 1. The standard InChI is InChI=1S/C18H22N2O6S/c1-12-8-15(20(21)22)10-18(13(12)2)27(23,24)19(3)11-14-6-7-16(25-4)17(9-14)26-5/h6-10H,11H2,1-5H3. The number of nitro groups is 1. The molecule has 27 heavy (non-hydrogen) atoms. The van der Waals surface area contributed by atoms with Crippen LogP contribution in [0.25, 0.3) is 0 Å². The second kappa shape index (κ2) is 7.93. The van der Waals surface area contributed by atoms with Gasteiger partial charge in [-0.25, -0.2) is 8.42 Å². The minimum Gasteiger partial charge on any atom is -0.493 e. The van der Waals surface area contributed by atoms with Crippen LogP contribution >= 0.6 is 0 Å². The zero-order chi connectivity index (χ0) is 20.4. The fourth-order valence-electron chi connectivity index (χ4n) is 2.67. The van der Waals surface area contributed by atoms with Crippen LogP contribution in [0.5, 0.6) is 11.5 Å². The second-order valence-corrected chi connectivity index (χ2v) is 8.11. The normalized spacial score (nSPS) is 11.5. The van der Waals surface area contributed by atoms with Gasteiger partial charge in [0.25, 0.3) is 5.69 Å². The van der Waals surface area contributed by atoms with Crippen LogP contribution in [0.2, 0.25) is 0 Å². The van der Waals surface area contributed by atoms with Gasteiger partial charge in [-0.3, -0.25) is 10.1 Å². The molecular formula is C18H22N2O6S. The van der Waals surface area contributed by atoms with Crippen LogP contribution < -0.4 is 9.47 Å². The molecule has 0 spiro atoms. The highest BCUT2D eigenvalue weighted by atomic mass is 32.2. The number of nitro benzene ring substituents is 1. The molecule has 0 aliphatic rings. The third-order valence-corrected chi connectivity index (χ3v) is 6.29. The first-order valence-electron chi connectivity index (χ1n) is 8.04. The first-order valence-corrected chi connectivity index (χ1v) is 9.48. The van der Waals surface area contributed by atoms with Crippen molar-refractivity contribution in [2.45, 2.75) is 25.3 Å². The van der Waals surface area contributed by atoms with Crippen molar-refractivity contribution in [1.29, 1.82) is 0 Å². The molecule has 0 heterocycles. The van der Waals surface area contributed by atoms with E-state index in [1.165, 1.54) is 27.3 Å². The molecule has 2 aromatic rings. The Labute approximate surface area is 158 Å². The lowest BCUT2D eigenvalue weighted by Crippen LogP contribution is -2.27. The minimum absolute atomic E-state index is 0.0721. The van der Waals surface area contributed by atoms with Gasteiger partial charge in [0, 0.05) is 25.7 Å². The van der Waals surface area contributed by atoms with Crippen molar-refractivity contribution in [1.82, 2.24) is 4.31 Å². The Balaban J connectivity index is 2.41. The van der Waals surface area contributed by atoms with E-state index in [9.17, 15) is 18.5 Å². The molecule has 0 aliphatic carbocycles. The summed E-state index contributed by atoms with van der Waals surface area (Å²) in [6.45, 7) is 3.36. The maximum Gasteiger partial charge on any atom is 0.271 e. The molecule has 0 saturated heterocycles. The molecule has 0 unspecified atom stereocenters. The zero-order valence-electron chi connectivity index (χ0n) is 15.8. The lowest BCUT2D eigenvalue weighted by molar-refractivity contribution is -0.385. The van der Waals surface area contributed by atoms with Gasteiger partial charge in [0.1, 0.15) is 0 Å². The molecule has 0 aromatic heterocycles. The van der Waals surface area contributed by atoms with Crippen molar-refractivity contribution in [3.8, 4) is 11.5 Å². The van der Waals surface area contributed by atoms with Gasteiger partial charge in [-0.2, -0.15) is 4.31 Å². The van der Waals surface area contributed by atoms with Crippen molar-refractivity contribution in [3.63, 3.8) is 0 Å². The topological polar surface area (TPSA) is 99.0 Å². The van der Waals surface area contributed by atoms with Gasteiger partial charge in [-0.1, -0.05) is 6.07 Å². The Hall–Kier alpha value is -2.65. The number of hydrogen-bond donors (Lipinski definition) is 0. The Kier molecular flexibility index (Phi) is 6.07. The van der Waals surface area contributed by atoms with Gasteiger partial charge < -0.3 is 9.47 Å². The van der Waals surface area contributed by atoms with Gasteiger partial charge in [0.05, 0.1) is 24.0 Å². The van der Waals surface area contributed by atoms with E-state index in [0.717, 1.165) is 10.4 Å². The fourth-order valence-corrected chi connectivity index (χ4v) is 4.14. The number of sulfonamides is 1. The van der Waals surface area contributed by atoms with E-state index in [1.54, 1.807) is 32.0 Å². The summed E-state index contributed by atoms with van der Waals surface area (Å²) >= 11 is 0. The van der Waals surface area contributed by atoms with Crippen LogP contribution in [0.15, 0.2) is 35.2 Å². The van der Waals surface area contributed by atoms with Crippen molar-refractivity contribution in [3.05, 3.63) is 57.1 Å². The highest BCUT2D eigenvalue weighted by Crippen LogP contribution is 2.30. The molecule has 146 valence electrons. The predicted octanol–water partition coefficient (Wildman–Crippen LogP) is 3.05. The Morgan fingerprint density at radius 1 is 1.07 bits per heavy atom. The zero-order valence-corrected chi connectivity index (χ0v) is 16.7. The van der Waals surface area contributed by atoms with Gasteiger partial charge in [-0.15, -0.1) is 0 Å². The molecule has 0 amide bonds. The van der Waals surface area contributed by atoms with E-state index >= 15 is 0 Å². The third-order valence-electron chi connectivity index (χ3n) is 4.36. The lowest BCUT2D eigenvalue weighted by atomic mass is 10.1. The molecule has 2 aromatic carbocycles. The highest BCUT2D eigenvalue weighted by Gasteiger charge is 2.26. The van der Waals surface area contributed by atoms with Crippen LogP contribution in [-0.4, -0.2) is 38.9 Å². The molecule has 0 N–H and O–H groups in total. The lowest BCUT2D eigenvalue weighted by Gasteiger charge is -2.20. The van der Waals surface area contributed by atoms with E-state index in [0.29, 0.717) is 28.2 Å². The minimum atomic E-state index is -3.92. The van der Waals surface area contributed by atoms with Crippen molar-refractivity contribution in [2.24, 2.45) is 0 Å². The first kappa shape index (κ1) is 20.7. The van der Waals surface area contributed by atoms with Crippen molar-refractivity contribution >= 4 is 15.7 Å². The summed E-state index contributed by atoms with van der Waals surface area (Å²) in [7, 11) is 0.518.